The lowest BCUT2D eigenvalue weighted by atomic mass is 9.92. The molecule has 2 atom stereocenters. The van der Waals surface area contributed by atoms with E-state index in [0.717, 1.165) is 12.1 Å². The van der Waals surface area contributed by atoms with Crippen LogP contribution in [-0.4, -0.2) is 68.6 Å². The van der Waals surface area contributed by atoms with E-state index in [2.05, 4.69) is 15.2 Å². The number of carbonyl (C=O) groups excluding carboxylic acids is 2. The van der Waals surface area contributed by atoms with Crippen molar-refractivity contribution in [1.29, 1.82) is 0 Å². The highest BCUT2D eigenvalue weighted by molar-refractivity contribution is 5.97. The Balaban J connectivity index is 1.78. The van der Waals surface area contributed by atoms with Crippen LogP contribution < -0.4 is 15.0 Å². The first kappa shape index (κ1) is 24.2. The van der Waals surface area contributed by atoms with Crippen LogP contribution in [0.4, 0.5) is 10.1 Å². The molecule has 0 radical (unpaired) electrons. The lowest BCUT2D eigenvalue weighted by Crippen LogP contribution is -2.54. The van der Waals surface area contributed by atoms with Crippen molar-refractivity contribution in [2.24, 2.45) is 11.8 Å². The van der Waals surface area contributed by atoms with E-state index in [1.807, 2.05) is 13.8 Å². The molecule has 2 heterocycles. The van der Waals surface area contributed by atoms with Gasteiger partial charge in [-0.3, -0.25) is 9.18 Å². The van der Waals surface area contributed by atoms with Gasteiger partial charge in [-0.25, -0.2) is 9.78 Å². The minimum atomic E-state index is -1.11. The molecule has 0 unspecified atom stereocenters. The zero-order chi connectivity index (χ0) is 23.3. The van der Waals surface area contributed by atoms with Gasteiger partial charge in [-0.1, -0.05) is 13.8 Å². The van der Waals surface area contributed by atoms with Crippen LogP contribution in [0.15, 0.2) is 12.1 Å². The molecule has 3 rings (SSSR count). The van der Waals surface area contributed by atoms with E-state index in [9.17, 15) is 14.0 Å². The maximum absolute atomic E-state index is 13.0. The predicted molar refractivity (Wildman–Crippen MR) is 118 cm³/mol. The van der Waals surface area contributed by atoms with Gasteiger partial charge < -0.3 is 24.4 Å². The van der Waals surface area contributed by atoms with Crippen molar-refractivity contribution in [1.82, 2.24) is 10.3 Å². The molecule has 1 aromatic heterocycles. The van der Waals surface area contributed by atoms with E-state index in [0.29, 0.717) is 38.4 Å². The van der Waals surface area contributed by atoms with Crippen LogP contribution in [-0.2, 0) is 14.3 Å². The Bertz CT molecular complexity index is 811. The van der Waals surface area contributed by atoms with Gasteiger partial charge in [-0.15, -0.1) is 0 Å². The Labute approximate surface area is 188 Å². The maximum Gasteiger partial charge on any atom is 0.331 e. The molecule has 1 N–H and O–H groups in total. The second-order valence-electron chi connectivity index (χ2n) is 8.47. The minimum absolute atomic E-state index is 0.0473. The van der Waals surface area contributed by atoms with Crippen LogP contribution in [0.5, 0.6) is 5.88 Å². The molecule has 9 heteroatoms. The molecule has 0 spiro atoms. The van der Waals surface area contributed by atoms with Crippen molar-refractivity contribution in [3.05, 3.63) is 17.8 Å². The number of pyridine rings is 1. The largest absolute Gasteiger partial charge is 0.476 e. The highest BCUT2D eigenvalue weighted by Crippen LogP contribution is 2.40. The normalized spacial score (nSPS) is 20.5. The fraction of sp³-hybridized carbons (Fsp3) is 0.696. The summed E-state index contributed by atoms with van der Waals surface area (Å²) in [4.78, 5) is 32.1. The number of esters is 1. The molecule has 0 bridgehead atoms. The highest BCUT2D eigenvalue weighted by atomic mass is 19.1. The molecule has 0 aromatic carbocycles. The van der Waals surface area contributed by atoms with Crippen molar-refractivity contribution < 1.29 is 28.2 Å². The maximum atomic E-state index is 13.0. The fourth-order valence-electron chi connectivity index (χ4n) is 3.90. The van der Waals surface area contributed by atoms with Crippen molar-refractivity contribution in [3.8, 4) is 5.88 Å². The van der Waals surface area contributed by atoms with Crippen molar-refractivity contribution in [2.45, 2.75) is 51.7 Å². The number of carbonyl (C=O) groups is 2. The molecule has 1 saturated heterocycles. The van der Waals surface area contributed by atoms with Gasteiger partial charge in [-0.2, -0.15) is 0 Å². The van der Waals surface area contributed by atoms with Crippen LogP contribution >= 0.6 is 0 Å². The molecular weight excluding hydrogens is 417 g/mol. The molecule has 1 amide bonds. The summed E-state index contributed by atoms with van der Waals surface area (Å²) >= 11 is 0. The Morgan fingerprint density at radius 3 is 2.50 bits per heavy atom. The lowest BCUT2D eigenvalue weighted by molar-refractivity contribution is -0.151. The molecule has 178 valence electrons. The van der Waals surface area contributed by atoms with Crippen molar-refractivity contribution in [2.75, 3.05) is 45.0 Å². The second kappa shape index (κ2) is 10.5. The molecule has 2 fully saturated rings. The monoisotopic (exact) mass is 451 g/mol. The average Bonchev–Trinajstić information content (AvgIpc) is 3.54. The molecule has 2 aliphatic rings. The molecule has 1 aromatic rings. The van der Waals surface area contributed by atoms with Crippen LogP contribution in [0.3, 0.4) is 0 Å². The summed E-state index contributed by atoms with van der Waals surface area (Å²) in [6.45, 7) is 7.05. The first-order valence-electron chi connectivity index (χ1n) is 11.4. The van der Waals surface area contributed by atoms with E-state index in [-0.39, 0.29) is 36.9 Å². The number of aromatic nitrogens is 1. The SMILES string of the molecule is CCOC(=O)C(CC)(CC)NC(=O)c1ccc(N2CC(OC)C2)c(OC[C@@H]2C[C@H]2CF)n1. The van der Waals surface area contributed by atoms with E-state index in [4.69, 9.17) is 14.2 Å². The third-order valence-corrected chi connectivity index (χ3v) is 6.52. The quantitative estimate of drug-likeness (QED) is 0.489. The summed E-state index contributed by atoms with van der Waals surface area (Å²) in [7, 11) is 1.67. The van der Waals surface area contributed by atoms with Crippen molar-refractivity contribution >= 4 is 17.6 Å². The number of amides is 1. The Kier molecular flexibility index (Phi) is 7.92. The fourth-order valence-corrected chi connectivity index (χ4v) is 3.90. The number of nitrogens with one attached hydrogen (secondary N) is 1. The minimum Gasteiger partial charge on any atom is -0.476 e. The summed E-state index contributed by atoms with van der Waals surface area (Å²) in [5.74, 6) is -0.363. The van der Waals surface area contributed by atoms with E-state index >= 15 is 0 Å². The second-order valence-corrected chi connectivity index (χ2v) is 8.47. The summed E-state index contributed by atoms with van der Waals surface area (Å²) < 4.78 is 29.3. The number of nitrogens with zero attached hydrogens (tertiary/aromatic N) is 2. The van der Waals surface area contributed by atoms with Crippen LogP contribution in [0, 0.1) is 11.8 Å². The van der Waals surface area contributed by atoms with Gasteiger partial charge in [0.15, 0.2) is 0 Å². The summed E-state index contributed by atoms with van der Waals surface area (Å²) in [5.41, 5.74) is -0.184. The van der Waals surface area contributed by atoms with E-state index in [1.54, 1.807) is 26.2 Å². The molecule has 1 aliphatic carbocycles. The Morgan fingerprint density at radius 2 is 1.94 bits per heavy atom. The third-order valence-electron chi connectivity index (χ3n) is 6.52. The van der Waals surface area contributed by atoms with Crippen LogP contribution in [0.25, 0.3) is 0 Å². The van der Waals surface area contributed by atoms with Gasteiger partial charge in [0.2, 0.25) is 5.88 Å². The topological polar surface area (TPSA) is 90.0 Å². The van der Waals surface area contributed by atoms with Gasteiger partial charge in [0.05, 0.1) is 26.0 Å². The Morgan fingerprint density at radius 1 is 1.22 bits per heavy atom. The van der Waals surface area contributed by atoms with Gasteiger partial charge >= 0.3 is 5.97 Å². The standard InChI is InChI=1S/C23H34FN3O5/c1-5-23(6-2,22(29)31-7-3)26-20(28)18-8-9-19(27-12-17(13-27)30-4)21(25-18)32-14-16-10-15(16)11-24/h8-9,15-17H,5-7,10-14H2,1-4H3,(H,26,28)/t15-,16-/m0/s1. The zero-order valence-electron chi connectivity index (χ0n) is 19.4. The summed E-state index contributed by atoms with van der Waals surface area (Å²) in [6, 6.07) is 3.42. The number of halogens is 1. The highest BCUT2D eigenvalue weighted by Gasteiger charge is 2.40. The predicted octanol–water partition coefficient (Wildman–Crippen LogP) is 2.75. The van der Waals surface area contributed by atoms with E-state index < -0.39 is 17.4 Å². The number of hydrogen-bond donors (Lipinski definition) is 1. The molecule has 8 nitrogen and oxygen atoms in total. The first-order chi connectivity index (χ1) is 15.4. The number of anilines is 1. The van der Waals surface area contributed by atoms with Crippen molar-refractivity contribution in [3.63, 3.8) is 0 Å². The summed E-state index contributed by atoms with van der Waals surface area (Å²) in [6.07, 6.45) is 1.74. The first-order valence-corrected chi connectivity index (χ1v) is 11.4. The number of rotatable bonds is 12. The molecule has 32 heavy (non-hydrogen) atoms. The number of ether oxygens (including phenoxy) is 3. The molecule has 1 aliphatic heterocycles. The zero-order valence-corrected chi connectivity index (χ0v) is 19.4. The van der Waals surface area contributed by atoms with Crippen LogP contribution in [0.2, 0.25) is 0 Å². The van der Waals surface area contributed by atoms with E-state index in [1.165, 1.54) is 0 Å². The summed E-state index contributed by atoms with van der Waals surface area (Å²) in [5, 5.41) is 2.83. The van der Waals surface area contributed by atoms with Gasteiger partial charge in [0.25, 0.3) is 5.91 Å². The number of hydrogen-bond acceptors (Lipinski definition) is 7. The average molecular weight is 452 g/mol. The number of alkyl halides is 1. The van der Waals surface area contributed by atoms with Crippen LogP contribution in [0.1, 0.15) is 50.5 Å². The Hall–Kier alpha value is -2.42. The lowest BCUT2D eigenvalue weighted by Gasteiger charge is -2.40. The molecular formula is C23H34FN3O5. The molecule has 1 saturated carbocycles. The smallest absolute Gasteiger partial charge is 0.331 e. The van der Waals surface area contributed by atoms with Gasteiger partial charge in [0.1, 0.15) is 16.9 Å². The third kappa shape index (κ3) is 5.14. The number of methoxy groups -OCH3 is 1. The van der Waals surface area contributed by atoms with Gasteiger partial charge in [0, 0.05) is 20.2 Å². The van der Waals surface area contributed by atoms with Gasteiger partial charge in [-0.05, 0) is 50.2 Å².